The maximum absolute atomic E-state index is 12.3. The first-order valence-electron chi connectivity index (χ1n) is 9.39. The second-order valence-corrected chi connectivity index (χ2v) is 15.7. The van der Waals surface area contributed by atoms with Crippen LogP contribution < -0.4 is 5.19 Å². The average molecular weight is 375 g/mol. The summed E-state index contributed by atoms with van der Waals surface area (Å²) >= 11 is 0. The van der Waals surface area contributed by atoms with Crippen LogP contribution in [0.5, 0.6) is 0 Å². The Kier molecular flexibility index (Phi) is 5.97. The molecule has 0 aliphatic heterocycles. The monoisotopic (exact) mass is 374 g/mol. The first kappa shape index (κ1) is 20.3. The minimum Gasteiger partial charge on any atom is -0.413 e. The summed E-state index contributed by atoms with van der Waals surface area (Å²) in [5.41, 5.74) is 3.59. The van der Waals surface area contributed by atoms with Crippen LogP contribution >= 0.6 is 0 Å². The van der Waals surface area contributed by atoms with Crippen molar-refractivity contribution in [2.24, 2.45) is 5.92 Å². The van der Waals surface area contributed by atoms with Crippen molar-refractivity contribution >= 4 is 28.8 Å². The first-order valence-corrected chi connectivity index (χ1v) is 14.0. The lowest BCUT2D eigenvalue weighted by Gasteiger charge is -2.39. The highest BCUT2D eigenvalue weighted by atomic mass is 28.4. The van der Waals surface area contributed by atoms with Crippen molar-refractivity contribution < 1.29 is 9.22 Å². The summed E-state index contributed by atoms with van der Waals surface area (Å²) in [5, 5.41) is 1.67. The third-order valence-corrected chi connectivity index (χ3v) is 13.1. The third kappa shape index (κ3) is 4.41. The molecule has 1 fully saturated rings. The molecule has 0 saturated heterocycles. The zero-order valence-electron chi connectivity index (χ0n) is 17.0. The smallest absolute Gasteiger partial charge is 0.192 e. The van der Waals surface area contributed by atoms with Crippen molar-refractivity contribution in [3.63, 3.8) is 0 Å². The van der Waals surface area contributed by atoms with Gasteiger partial charge >= 0.3 is 0 Å². The van der Waals surface area contributed by atoms with Gasteiger partial charge in [-0.1, -0.05) is 50.7 Å². The van der Waals surface area contributed by atoms with Gasteiger partial charge in [-0.15, -0.1) is 0 Å². The van der Waals surface area contributed by atoms with Gasteiger partial charge in [0.1, 0.15) is 0 Å². The number of hydrogen-bond acceptors (Lipinski definition) is 2. The van der Waals surface area contributed by atoms with Crippen LogP contribution in [-0.2, 0) is 9.22 Å². The minimum absolute atomic E-state index is 0.0403. The van der Waals surface area contributed by atoms with Crippen molar-refractivity contribution in [3.8, 4) is 0 Å². The van der Waals surface area contributed by atoms with E-state index >= 15 is 0 Å². The van der Waals surface area contributed by atoms with E-state index < -0.39 is 17.8 Å². The van der Waals surface area contributed by atoms with Crippen molar-refractivity contribution in [1.82, 2.24) is 0 Å². The van der Waals surface area contributed by atoms with E-state index in [1.54, 1.807) is 0 Å². The lowest BCUT2D eigenvalue weighted by Crippen LogP contribution is -2.45. The van der Waals surface area contributed by atoms with Gasteiger partial charge in [0, 0.05) is 12.3 Å². The maximum atomic E-state index is 12.3. The molecule has 0 amide bonds. The van der Waals surface area contributed by atoms with Crippen molar-refractivity contribution in [2.75, 3.05) is 0 Å². The molecule has 1 aromatic rings. The highest BCUT2D eigenvalue weighted by Gasteiger charge is 2.44. The predicted octanol–water partition coefficient (Wildman–Crippen LogP) is 4.05. The number of carbonyl (C=O) groups is 1. The van der Waals surface area contributed by atoms with Crippen molar-refractivity contribution in [3.05, 3.63) is 41.5 Å². The molecule has 0 aromatic heterocycles. The van der Waals surface area contributed by atoms with Gasteiger partial charge in [0.05, 0.1) is 15.6 Å². The molecular formula is C21H34O2Si2. The van der Waals surface area contributed by atoms with Gasteiger partial charge in [0.15, 0.2) is 14.1 Å². The molecule has 1 saturated carbocycles. The van der Waals surface area contributed by atoms with E-state index in [0.717, 1.165) is 11.6 Å². The Balaban J connectivity index is 2.14. The molecule has 0 radical (unpaired) electrons. The Hall–Kier alpha value is -0.976. The standard InChI is InChI=1S/C21H34O2Si2/c1-14-10-9-11-20(15(14)2)24-13-17-16(3)18(22)12-19(17)23-25(7,8)21(4,5)6/h9-11,17,19H,3,12-13,24H2,1-2,4-8H3/t17-,19-/m0/s1. The molecule has 2 nitrogen and oxygen atoms in total. The summed E-state index contributed by atoms with van der Waals surface area (Å²) < 4.78 is 6.64. The lowest BCUT2D eigenvalue weighted by atomic mass is 10.1. The average Bonchev–Trinajstić information content (AvgIpc) is 2.74. The van der Waals surface area contributed by atoms with E-state index in [4.69, 9.17) is 4.43 Å². The Bertz CT molecular complexity index is 671. The van der Waals surface area contributed by atoms with Crippen LogP contribution in [0.15, 0.2) is 30.4 Å². The fourth-order valence-corrected chi connectivity index (χ4v) is 6.98. The first-order chi connectivity index (χ1) is 11.4. The van der Waals surface area contributed by atoms with Crippen LogP contribution in [-0.4, -0.2) is 29.7 Å². The van der Waals surface area contributed by atoms with E-state index in [2.05, 4.69) is 72.5 Å². The Morgan fingerprint density at radius 1 is 1.28 bits per heavy atom. The van der Waals surface area contributed by atoms with E-state index in [0.29, 0.717) is 6.42 Å². The quantitative estimate of drug-likeness (QED) is 0.574. The van der Waals surface area contributed by atoms with E-state index in [-0.39, 0.29) is 22.8 Å². The fourth-order valence-electron chi connectivity index (χ4n) is 3.32. The Morgan fingerprint density at radius 2 is 1.92 bits per heavy atom. The number of ketones is 1. The molecule has 138 valence electrons. The molecule has 4 heteroatoms. The van der Waals surface area contributed by atoms with E-state index in [1.807, 2.05) is 0 Å². The molecule has 0 N–H and O–H groups in total. The Morgan fingerprint density at radius 3 is 2.52 bits per heavy atom. The van der Waals surface area contributed by atoms with Crippen LogP contribution in [0.25, 0.3) is 0 Å². The van der Waals surface area contributed by atoms with Crippen LogP contribution in [0.1, 0.15) is 38.3 Å². The van der Waals surface area contributed by atoms with Gasteiger partial charge in [-0.2, -0.15) is 0 Å². The number of carbonyl (C=O) groups excluding carboxylic acids is 1. The molecule has 1 aliphatic rings. The molecule has 2 atom stereocenters. The summed E-state index contributed by atoms with van der Waals surface area (Å²) in [4.78, 5) is 12.3. The largest absolute Gasteiger partial charge is 0.413 e. The molecule has 0 heterocycles. The van der Waals surface area contributed by atoms with Gasteiger partial charge in [-0.3, -0.25) is 4.79 Å². The topological polar surface area (TPSA) is 26.3 Å². The number of Topliss-reactive ketones (excluding diaryl/α,β-unsaturated/α-hetero) is 1. The molecule has 2 rings (SSSR count). The maximum Gasteiger partial charge on any atom is 0.192 e. The van der Waals surface area contributed by atoms with E-state index in [9.17, 15) is 4.79 Å². The summed E-state index contributed by atoms with van der Waals surface area (Å²) in [6, 6.07) is 7.67. The summed E-state index contributed by atoms with van der Waals surface area (Å²) in [5.74, 6) is 0.428. The second-order valence-electron chi connectivity index (χ2n) is 9.07. The summed E-state index contributed by atoms with van der Waals surface area (Å²) in [6.07, 6.45) is 0.565. The molecule has 0 spiro atoms. The molecule has 1 aliphatic carbocycles. The van der Waals surface area contributed by atoms with Crippen molar-refractivity contribution in [2.45, 2.75) is 71.3 Å². The Labute approximate surface area is 157 Å². The minimum atomic E-state index is -1.88. The molecule has 25 heavy (non-hydrogen) atoms. The molecular weight excluding hydrogens is 340 g/mol. The van der Waals surface area contributed by atoms with Gasteiger partial charge in [-0.05, 0) is 54.7 Å². The van der Waals surface area contributed by atoms with Gasteiger partial charge in [0.25, 0.3) is 0 Å². The molecule has 1 aromatic carbocycles. The van der Waals surface area contributed by atoms with Gasteiger partial charge < -0.3 is 4.43 Å². The summed E-state index contributed by atoms with van der Waals surface area (Å²) in [6.45, 7) is 19.8. The summed E-state index contributed by atoms with van der Waals surface area (Å²) in [7, 11) is -2.32. The van der Waals surface area contributed by atoms with Crippen LogP contribution in [0.3, 0.4) is 0 Å². The van der Waals surface area contributed by atoms with Gasteiger partial charge in [-0.25, -0.2) is 0 Å². The van der Waals surface area contributed by atoms with Crippen LogP contribution in [0.4, 0.5) is 0 Å². The number of hydrogen-bond donors (Lipinski definition) is 0. The highest BCUT2D eigenvalue weighted by molar-refractivity contribution is 6.74. The molecule has 0 unspecified atom stereocenters. The fraction of sp³-hybridized carbons (Fsp3) is 0.571. The van der Waals surface area contributed by atoms with Crippen LogP contribution in [0, 0.1) is 19.8 Å². The van der Waals surface area contributed by atoms with Gasteiger partial charge in [0.2, 0.25) is 0 Å². The van der Waals surface area contributed by atoms with Crippen molar-refractivity contribution in [1.29, 1.82) is 0 Å². The lowest BCUT2D eigenvalue weighted by molar-refractivity contribution is -0.115. The van der Waals surface area contributed by atoms with E-state index in [1.165, 1.54) is 16.3 Å². The normalized spacial score (nSPS) is 22.4. The second kappa shape index (κ2) is 7.33. The molecule has 0 bridgehead atoms. The zero-order valence-corrected chi connectivity index (χ0v) is 19.4. The highest BCUT2D eigenvalue weighted by Crippen LogP contribution is 2.42. The number of aryl methyl sites for hydroxylation is 1. The predicted molar refractivity (Wildman–Crippen MR) is 113 cm³/mol. The third-order valence-electron chi connectivity index (χ3n) is 6.33. The zero-order chi connectivity index (χ0) is 19.0. The SMILES string of the molecule is C=C1C(=O)C[C@H](O[Si](C)(C)C(C)(C)C)[C@H]1C[SiH2]c1cccc(C)c1C. The number of benzene rings is 1. The van der Waals surface area contributed by atoms with Crippen LogP contribution in [0.2, 0.25) is 24.2 Å². The number of rotatable bonds is 5.